The van der Waals surface area contributed by atoms with Crippen molar-refractivity contribution < 1.29 is 9.47 Å². The van der Waals surface area contributed by atoms with Crippen molar-refractivity contribution in [3.8, 4) is 11.5 Å². The average Bonchev–Trinajstić information content (AvgIpc) is 2.56. The first kappa shape index (κ1) is 16.4. The fourth-order valence-electron chi connectivity index (χ4n) is 2.19. The second-order valence-electron chi connectivity index (χ2n) is 5.17. The van der Waals surface area contributed by atoms with Crippen LogP contribution in [0.4, 0.5) is 0 Å². The summed E-state index contributed by atoms with van der Waals surface area (Å²) in [5, 5.41) is 3.40. The molecular weight excluding hydrogens is 274 g/mol. The molecule has 0 fully saturated rings. The van der Waals surface area contributed by atoms with Crippen molar-refractivity contribution in [2.75, 3.05) is 13.2 Å². The first-order valence-electron chi connectivity index (χ1n) is 7.96. The van der Waals surface area contributed by atoms with Gasteiger partial charge in [0.25, 0.3) is 0 Å². The van der Waals surface area contributed by atoms with E-state index >= 15 is 0 Å². The molecule has 0 aliphatic rings. The first-order chi connectivity index (χ1) is 10.8. The van der Waals surface area contributed by atoms with Gasteiger partial charge in [-0.2, -0.15) is 0 Å². The molecule has 0 aromatic heterocycles. The molecule has 3 nitrogen and oxygen atoms in total. The fourth-order valence-corrected chi connectivity index (χ4v) is 2.19. The molecular formula is C19H25NO2. The van der Waals surface area contributed by atoms with Crippen LogP contribution in [0.2, 0.25) is 0 Å². The molecule has 0 spiro atoms. The summed E-state index contributed by atoms with van der Waals surface area (Å²) in [6, 6.07) is 16.3. The normalized spacial score (nSPS) is 10.5. The number of nitrogens with one attached hydrogen (secondary N) is 1. The highest BCUT2D eigenvalue weighted by Gasteiger charge is 2.07. The van der Waals surface area contributed by atoms with Crippen molar-refractivity contribution in [1.82, 2.24) is 5.32 Å². The Morgan fingerprint density at radius 1 is 0.864 bits per heavy atom. The van der Waals surface area contributed by atoms with Crippen molar-refractivity contribution >= 4 is 0 Å². The molecule has 2 rings (SSSR count). The highest BCUT2D eigenvalue weighted by molar-refractivity contribution is 5.43. The van der Waals surface area contributed by atoms with E-state index in [-0.39, 0.29) is 0 Å². The Morgan fingerprint density at radius 2 is 1.68 bits per heavy atom. The third kappa shape index (κ3) is 5.08. The molecule has 0 aliphatic carbocycles. The maximum atomic E-state index is 5.91. The van der Waals surface area contributed by atoms with Crippen molar-refractivity contribution in [2.24, 2.45) is 0 Å². The predicted octanol–water partition coefficient (Wildman–Crippen LogP) is 4.16. The summed E-state index contributed by atoms with van der Waals surface area (Å²) in [4.78, 5) is 0. The quantitative estimate of drug-likeness (QED) is 0.705. The van der Waals surface area contributed by atoms with Crippen LogP contribution in [0.1, 0.15) is 31.4 Å². The Bertz CT molecular complexity index is 555. The lowest BCUT2D eigenvalue weighted by Crippen LogP contribution is -2.13. The SMILES string of the molecule is CCCNCc1ccc(OCc2ccccc2)c(OCC)c1. The van der Waals surface area contributed by atoms with Crippen LogP contribution in [-0.2, 0) is 13.2 Å². The second-order valence-corrected chi connectivity index (χ2v) is 5.17. The third-order valence-electron chi connectivity index (χ3n) is 3.30. The Labute approximate surface area is 133 Å². The summed E-state index contributed by atoms with van der Waals surface area (Å²) in [6.45, 7) is 7.22. The minimum Gasteiger partial charge on any atom is -0.490 e. The van der Waals surface area contributed by atoms with Crippen LogP contribution in [0.25, 0.3) is 0 Å². The molecule has 0 bridgehead atoms. The maximum Gasteiger partial charge on any atom is 0.161 e. The van der Waals surface area contributed by atoms with Crippen LogP contribution in [0.5, 0.6) is 11.5 Å². The summed E-state index contributed by atoms with van der Waals surface area (Å²) in [6.07, 6.45) is 1.14. The van der Waals surface area contributed by atoms with Gasteiger partial charge in [0, 0.05) is 6.54 Å². The lowest BCUT2D eigenvalue weighted by molar-refractivity contribution is 0.269. The lowest BCUT2D eigenvalue weighted by Gasteiger charge is -2.14. The number of hydrogen-bond acceptors (Lipinski definition) is 3. The highest BCUT2D eigenvalue weighted by atomic mass is 16.5. The van der Waals surface area contributed by atoms with Gasteiger partial charge in [-0.05, 0) is 43.1 Å². The summed E-state index contributed by atoms with van der Waals surface area (Å²) in [7, 11) is 0. The summed E-state index contributed by atoms with van der Waals surface area (Å²) in [5.41, 5.74) is 2.36. The largest absolute Gasteiger partial charge is 0.490 e. The molecule has 0 unspecified atom stereocenters. The van der Waals surface area contributed by atoms with E-state index < -0.39 is 0 Å². The zero-order valence-electron chi connectivity index (χ0n) is 13.5. The molecule has 0 aliphatic heterocycles. The van der Waals surface area contributed by atoms with Crippen molar-refractivity contribution in [1.29, 1.82) is 0 Å². The van der Waals surface area contributed by atoms with Gasteiger partial charge >= 0.3 is 0 Å². The molecule has 1 N–H and O–H groups in total. The minimum atomic E-state index is 0.550. The van der Waals surface area contributed by atoms with Crippen molar-refractivity contribution in [2.45, 2.75) is 33.4 Å². The molecule has 0 radical (unpaired) electrons. The van der Waals surface area contributed by atoms with Gasteiger partial charge in [0.05, 0.1) is 6.61 Å². The van der Waals surface area contributed by atoms with Crippen LogP contribution in [-0.4, -0.2) is 13.2 Å². The van der Waals surface area contributed by atoms with E-state index in [0.29, 0.717) is 13.2 Å². The summed E-state index contributed by atoms with van der Waals surface area (Å²) in [5.74, 6) is 1.61. The Kier molecular flexibility index (Phi) is 6.78. The van der Waals surface area contributed by atoms with E-state index in [2.05, 4.69) is 36.5 Å². The maximum absolute atomic E-state index is 5.91. The van der Waals surface area contributed by atoms with E-state index in [1.807, 2.05) is 31.2 Å². The monoisotopic (exact) mass is 299 g/mol. The van der Waals surface area contributed by atoms with Gasteiger partial charge in [-0.15, -0.1) is 0 Å². The first-order valence-corrected chi connectivity index (χ1v) is 7.96. The number of hydrogen-bond donors (Lipinski definition) is 1. The molecule has 3 heteroatoms. The Morgan fingerprint density at radius 3 is 2.41 bits per heavy atom. The molecule has 0 saturated heterocycles. The average molecular weight is 299 g/mol. The number of benzene rings is 2. The van der Waals surface area contributed by atoms with E-state index in [9.17, 15) is 0 Å². The van der Waals surface area contributed by atoms with E-state index in [1.54, 1.807) is 0 Å². The third-order valence-corrected chi connectivity index (χ3v) is 3.30. The Hall–Kier alpha value is -2.00. The van der Waals surface area contributed by atoms with Gasteiger partial charge in [-0.3, -0.25) is 0 Å². The summed E-state index contributed by atoms with van der Waals surface area (Å²) < 4.78 is 11.6. The summed E-state index contributed by atoms with van der Waals surface area (Å²) >= 11 is 0. The van der Waals surface area contributed by atoms with Gasteiger partial charge in [0.15, 0.2) is 11.5 Å². The van der Waals surface area contributed by atoms with Crippen LogP contribution in [0.15, 0.2) is 48.5 Å². The van der Waals surface area contributed by atoms with E-state index in [4.69, 9.17) is 9.47 Å². The molecule has 0 saturated carbocycles. The van der Waals surface area contributed by atoms with Gasteiger partial charge in [0.1, 0.15) is 6.61 Å². The minimum absolute atomic E-state index is 0.550. The predicted molar refractivity (Wildman–Crippen MR) is 90.4 cm³/mol. The number of ether oxygens (including phenoxy) is 2. The van der Waals surface area contributed by atoms with Crippen molar-refractivity contribution in [3.63, 3.8) is 0 Å². The second kappa shape index (κ2) is 9.11. The van der Waals surface area contributed by atoms with Gasteiger partial charge < -0.3 is 14.8 Å². The van der Waals surface area contributed by atoms with Crippen LogP contribution in [0.3, 0.4) is 0 Å². The van der Waals surface area contributed by atoms with Gasteiger partial charge in [-0.1, -0.05) is 43.3 Å². The van der Waals surface area contributed by atoms with Gasteiger partial charge in [0.2, 0.25) is 0 Å². The molecule has 0 amide bonds. The molecule has 22 heavy (non-hydrogen) atoms. The topological polar surface area (TPSA) is 30.5 Å². The fraction of sp³-hybridized carbons (Fsp3) is 0.368. The van der Waals surface area contributed by atoms with E-state index in [1.165, 1.54) is 5.56 Å². The van der Waals surface area contributed by atoms with Crippen molar-refractivity contribution in [3.05, 3.63) is 59.7 Å². The Balaban J connectivity index is 2.02. The van der Waals surface area contributed by atoms with Crippen LogP contribution >= 0.6 is 0 Å². The molecule has 0 heterocycles. The highest BCUT2D eigenvalue weighted by Crippen LogP contribution is 2.29. The molecule has 0 atom stereocenters. The number of rotatable bonds is 9. The molecule has 2 aromatic rings. The van der Waals surface area contributed by atoms with Crippen LogP contribution < -0.4 is 14.8 Å². The lowest BCUT2D eigenvalue weighted by atomic mass is 10.2. The standard InChI is InChI=1S/C19H25NO2/c1-3-12-20-14-17-10-11-18(19(13-17)21-4-2)22-15-16-8-6-5-7-9-16/h5-11,13,20H,3-4,12,14-15H2,1-2H3. The molecule has 2 aromatic carbocycles. The van der Waals surface area contributed by atoms with E-state index in [0.717, 1.165) is 36.6 Å². The molecule has 118 valence electrons. The zero-order chi connectivity index (χ0) is 15.6. The zero-order valence-corrected chi connectivity index (χ0v) is 13.5. The van der Waals surface area contributed by atoms with Crippen LogP contribution in [0, 0.1) is 0 Å². The van der Waals surface area contributed by atoms with Gasteiger partial charge in [-0.25, -0.2) is 0 Å². The smallest absolute Gasteiger partial charge is 0.161 e.